The van der Waals surface area contributed by atoms with Crippen LogP contribution in [0, 0.1) is 5.92 Å². The van der Waals surface area contributed by atoms with Gasteiger partial charge in [0.2, 0.25) is 15.9 Å². The number of sulfonamides is 1. The summed E-state index contributed by atoms with van der Waals surface area (Å²) >= 11 is 24.3. The number of nitrogens with zero attached hydrogens (tertiary/aromatic N) is 1. The number of amides is 1. The first kappa shape index (κ1) is 22.7. The minimum atomic E-state index is -3.70. The molecule has 1 aliphatic heterocycles. The number of piperidine rings is 1. The van der Waals surface area contributed by atoms with Gasteiger partial charge in [-0.15, -0.1) is 0 Å². The molecule has 0 spiro atoms. The third-order valence-electron chi connectivity index (χ3n) is 4.75. The molecule has 29 heavy (non-hydrogen) atoms. The Morgan fingerprint density at radius 2 is 1.66 bits per heavy atom. The fourth-order valence-electron chi connectivity index (χ4n) is 3.19. The Kier molecular flexibility index (Phi) is 7.36. The van der Waals surface area contributed by atoms with Crippen molar-refractivity contribution < 1.29 is 13.2 Å². The molecule has 5 nitrogen and oxygen atoms in total. The van der Waals surface area contributed by atoms with Gasteiger partial charge in [-0.3, -0.25) is 4.79 Å². The first-order chi connectivity index (χ1) is 13.7. The van der Waals surface area contributed by atoms with E-state index in [0.29, 0.717) is 45.7 Å². The van der Waals surface area contributed by atoms with Crippen molar-refractivity contribution in [2.45, 2.75) is 18.6 Å². The molecule has 2 aromatic rings. The van der Waals surface area contributed by atoms with Crippen molar-refractivity contribution in [2.75, 3.05) is 18.4 Å². The highest BCUT2D eigenvalue weighted by atomic mass is 35.5. The second-order valence-electron chi connectivity index (χ2n) is 6.74. The minimum absolute atomic E-state index is 0.0778. The van der Waals surface area contributed by atoms with Crippen LogP contribution in [0.2, 0.25) is 20.1 Å². The Bertz CT molecular complexity index is 1010. The molecule has 0 bridgehead atoms. The number of anilines is 1. The van der Waals surface area contributed by atoms with Gasteiger partial charge < -0.3 is 5.32 Å². The molecule has 10 heteroatoms. The van der Waals surface area contributed by atoms with Crippen LogP contribution in [-0.2, 0) is 20.6 Å². The summed E-state index contributed by atoms with van der Waals surface area (Å²) in [5, 5.41) is 3.90. The number of benzene rings is 2. The fourth-order valence-corrected chi connectivity index (χ4v) is 5.90. The number of rotatable bonds is 5. The summed E-state index contributed by atoms with van der Waals surface area (Å²) in [4.78, 5) is 12.7. The maximum atomic E-state index is 12.9. The van der Waals surface area contributed by atoms with Gasteiger partial charge in [0.05, 0.1) is 27.4 Å². The van der Waals surface area contributed by atoms with Gasteiger partial charge in [0.15, 0.2) is 0 Å². The van der Waals surface area contributed by atoms with Crippen LogP contribution in [0.1, 0.15) is 18.4 Å². The van der Waals surface area contributed by atoms with Crippen LogP contribution in [0.5, 0.6) is 0 Å². The zero-order chi connectivity index (χ0) is 21.2. The molecule has 0 saturated carbocycles. The Balaban J connectivity index is 1.72. The van der Waals surface area contributed by atoms with Gasteiger partial charge in [0.25, 0.3) is 0 Å². The molecular formula is C19H18Cl4N2O3S. The maximum Gasteiger partial charge on any atom is 0.228 e. The number of hydrogen-bond acceptors (Lipinski definition) is 3. The lowest BCUT2D eigenvalue weighted by molar-refractivity contribution is -0.120. The highest BCUT2D eigenvalue weighted by Gasteiger charge is 2.33. The van der Waals surface area contributed by atoms with Crippen molar-refractivity contribution in [2.24, 2.45) is 5.92 Å². The summed E-state index contributed by atoms with van der Waals surface area (Å²) in [6, 6.07) is 9.79. The molecule has 3 rings (SSSR count). The third kappa shape index (κ3) is 5.37. The van der Waals surface area contributed by atoms with Crippen molar-refractivity contribution in [3.63, 3.8) is 0 Å². The topological polar surface area (TPSA) is 66.5 Å². The van der Waals surface area contributed by atoms with Crippen LogP contribution < -0.4 is 5.32 Å². The summed E-state index contributed by atoms with van der Waals surface area (Å²) in [6.45, 7) is 0.417. The van der Waals surface area contributed by atoms with Gasteiger partial charge in [-0.25, -0.2) is 12.7 Å². The Hall–Kier alpha value is -1.02. The molecule has 1 fully saturated rings. The van der Waals surface area contributed by atoms with Crippen molar-refractivity contribution in [3.05, 3.63) is 62.1 Å². The van der Waals surface area contributed by atoms with E-state index in [1.54, 1.807) is 36.4 Å². The van der Waals surface area contributed by atoms with E-state index in [9.17, 15) is 13.2 Å². The average Bonchev–Trinajstić information content (AvgIpc) is 2.68. The number of hydrogen-bond donors (Lipinski definition) is 1. The molecule has 1 aliphatic rings. The van der Waals surface area contributed by atoms with Crippen LogP contribution >= 0.6 is 46.4 Å². The smallest absolute Gasteiger partial charge is 0.228 e. The Morgan fingerprint density at radius 3 is 2.34 bits per heavy atom. The monoisotopic (exact) mass is 494 g/mol. The standard InChI is InChI=1S/C19H18Cl4N2O3S/c20-14-5-1-6-15(21)13(14)11-29(27,28)25-9-3-4-12(10-25)19(26)24-17-8-2-7-16(22)18(17)23/h1-2,5-8,12H,3-4,9-11H2,(H,24,26). The van der Waals surface area contributed by atoms with Crippen molar-refractivity contribution in [1.82, 2.24) is 4.31 Å². The van der Waals surface area contributed by atoms with Crippen molar-refractivity contribution in [3.8, 4) is 0 Å². The average molecular weight is 496 g/mol. The molecule has 1 N–H and O–H groups in total. The van der Waals surface area contributed by atoms with Crippen LogP contribution in [-0.4, -0.2) is 31.7 Å². The highest BCUT2D eigenvalue weighted by molar-refractivity contribution is 7.88. The summed E-state index contributed by atoms with van der Waals surface area (Å²) < 4.78 is 27.2. The predicted octanol–water partition coefficient (Wildman–Crippen LogP) is 5.48. The van der Waals surface area contributed by atoms with Gasteiger partial charge in [-0.05, 0) is 37.1 Å². The van der Waals surface area contributed by atoms with E-state index in [1.165, 1.54) is 4.31 Å². The molecule has 0 aromatic heterocycles. The molecular weight excluding hydrogens is 478 g/mol. The minimum Gasteiger partial charge on any atom is -0.324 e. The molecule has 156 valence electrons. The molecule has 0 aliphatic carbocycles. The van der Waals surface area contributed by atoms with Crippen LogP contribution in [0.3, 0.4) is 0 Å². The summed E-state index contributed by atoms with van der Waals surface area (Å²) in [5.74, 6) is -1.12. The summed E-state index contributed by atoms with van der Waals surface area (Å²) in [7, 11) is -3.70. The molecule has 0 radical (unpaired) electrons. The molecule has 1 heterocycles. The number of carbonyl (C=O) groups excluding carboxylic acids is 1. The third-order valence-corrected chi connectivity index (χ3v) is 8.05. The zero-order valence-corrected chi connectivity index (χ0v) is 19.0. The second kappa shape index (κ2) is 9.41. The molecule has 1 unspecified atom stereocenters. The SMILES string of the molecule is O=C(Nc1cccc(Cl)c1Cl)C1CCCN(S(=O)(=O)Cc2c(Cl)cccc2Cl)C1. The van der Waals surface area contributed by atoms with Crippen molar-refractivity contribution >= 4 is 68.0 Å². The predicted molar refractivity (Wildman–Crippen MR) is 118 cm³/mol. The van der Waals surface area contributed by atoms with E-state index in [1.807, 2.05) is 0 Å². The highest BCUT2D eigenvalue weighted by Crippen LogP contribution is 2.32. The molecule has 1 atom stereocenters. The van der Waals surface area contributed by atoms with Gasteiger partial charge in [0, 0.05) is 28.7 Å². The zero-order valence-electron chi connectivity index (χ0n) is 15.2. The lowest BCUT2D eigenvalue weighted by Crippen LogP contribution is -2.44. The molecule has 2 aromatic carbocycles. The van der Waals surface area contributed by atoms with E-state index in [0.717, 1.165) is 0 Å². The number of nitrogens with one attached hydrogen (secondary N) is 1. The van der Waals surface area contributed by atoms with E-state index in [4.69, 9.17) is 46.4 Å². The normalized spacial score (nSPS) is 17.9. The van der Waals surface area contributed by atoms with E-state index >= 15 is 0 Å². The van der Waals surface area contributed by atoms with Gasteiger partial charge in [-0.2, -0.15) is 0 Å². The van der Waals surface area contributed by atoms with Crippen molar-refractivity contribution in [1.29, 1.82) is 0 Å². The number of halogens is 4. The van der Waals surface area contributed by atoms with Gasteiger partial charge in [0.1, 0.15) is 0 Å². The van der Waals surface area contributed by atoms with E-state index in [2.05, 4.69) is 5.32 Å². The molecule has 1 saturated heterocycles. The number of carbonyl (C=O) groups is 1. The van der Waals surface area contributed by atoms with Gasteiger partial charge in [-0.1, -0.05) is 58.5 Å². The first-order valence-electron chi connectivity index (χ1n) is 8.84. The van der Waals surface area contributed by atoms with E-state index in [-0.39, 0.29) is 23.2 Å². The Morgan fingerprint density at radius 1 is 1.03 bits per heavy atom. The largest absolute Gasteiger partial charge is 0.324 e. The Labute approximate surface area is 189 Å². The molecule has 1 amide bonds. The summed E-state index contributed by atoms with van der Waals surface area (Å²) in [5.41, 5.74) is 0.750. The van der Waals surface area contributed by atoms with Crippen LogP contribution in [0.4, 0.5) is 5.69 Å². The maximum absolute atomic E-state index is 12.9. The quantitative estimate of drug-likeness (QED) is 0.597. The van der Waals surface area contributed by atoms with E-state index < -0.39 is 15.9 Å². The lowest BCUT2D eigenvalue weighted by Gasteiger charge is -2.31. The van der Waals surface area contributed by atoms with Gasteiger partial charge >= 0.3 is 0 Å². The van der Waals surface area contributed by atoms with Crippen LogP contribution in [0.25, 0.3) is 0 Å². The lowest BCUT2D eigenvalue weighted by atomic mass is 9.99. The summed E-state index contributed by atoms with van der Waals surface area (Å²) in [6.07, 6.45) is 1.14. The second-order valence-corrected chi connectivity index (χ2v) is 10.3. The van der Waals surface area contributed by atoms with Crippen LogP contribution in [0.15, 0.2) is 36.4 Å². The first-order valence-corrected chi connectivity index (χ1v) is 12.0. The fraction of sp³-hybridized carbons (Fsp3) is 0.316.